The molecule has 2 aromatic rings. The summed E-state index contributed by atoms with van der Waals surface area (Å²) >= 11 is 1.04. The van der Waals surface area contributed by atoms with E-state index in [0.29, 0.717) is 0 Å². The number of nitrogen functional groups attached to an aromatic ring is 2. The monoisotopic (exact) mass is 513 g/mol. The zero-order valence-corrected chi connectivity index (χ0v) is 19.0. The van der Waals surface area contributed by atoms with Gasteiger partial charge in [-0.2, -0.15) is 8.42 Å². The minimum Gasteiger partial charge on any atom is -0.473 e. The molecule has 0 spiro atoms. The van der Waals surface area contributed by atoms with Crippen molar-refractivity contribution in [3.8, 4) is 5.88 Å². The SMILES string of the molecule is C[C@H]1[C@H](NC(=O)C(=NOCCOc2ccc(C(=N)N)nn2)c2csc(N)n2)C(=O)N1S(=O)(=O)O. The molecule has 0 bridgehead atoms. The first-order valence-corrected chi connectivity index (χ1v) is 11.6. The Morgan fingerprint density at radius 3 is 2.62 bits per heavy atom. The summed E-state index contributed by atoms with van der Waals surface area (Å²) in [6.45, 7) is 1.17. The minimum atomic E-state index is -4.74. The molecule has 3 heterocycles. The quantitative estimate of drug-likeness (QED) is 0.0584. The number of thiazole rings is 1. The number of carbonyl (C=O) groups is 2. The van der Waals surface area contributed by atoms with Crippen LogP contribution in [0.4, 0.5) is 5.13 Å². The molecule has 2 aromatic heterocycles. The zero-order valence-electron chi connectivity index (χ0n) is 17.4. The van der Waals surface area contributed by atoms with Crippen LogP contribution in [0.15, 0.2) is 22.7 Å². The van der Waals surface area contributed by atoms with Gasteiger partial charge < -0.3 is 26.4 Å². The van der Waals surface area contributed by atoms with Gasteiger partial charge in [0.2, 0.25) is 5.88 Å². The second-order valence-corrected chi connectivity index (χ2v) is 8.85. The van der Waals surface area contributed by atoms with Crippen molar-refractivity contribution in [2.75, 3.05) is 18.9 Å². The molecule has 34 heavy (non-hydrogen) atoms. The van der Waals surface area contributed by atoms with Crippen LogP contribution in [0, 0.1) is 5.41 Å². The van der Waals surface area contributed by atoms with Gasteiger partial charge in [0.15, 0.2) is 17.5 Å². The molecule has 0 unspecified atom stereocenters. The molecular weight excluding hydrogens is 494 g/mol. The van der Waals surface area contributed by atoms with E-state index < -0.39 is 34.2 Å². The van der Waals surface area contributed by atoms with Crippen LogP contribution in [-0.4, -0.2) is 81.1 Å². The van der Waals surface area contributed by atoms with E-state index in [-0.39, 0.29) is 51.5 Å². The maximum atomic E-state index is 12.7. The fourth-order valence-corrected chi connectivity index (χ4v) is 4.18. The van der Waals surface area contributed by atoms with E-state index >= 15 is 0 Å². The Kier molecular flexibility index (Phi) is 7.23. The Hall–Kier alpha value is -3.90. The average molecular weight is 514 g/mol. The fraction of sp³-hybridized carbons (Fsp3) is 0.312. The van der Waals surface area contributed by atoms with Crippen molar-refractivity contribution in [2.45, 2.75) is 19.0 Å². The number of nitrogens with zero attached hydrogens (tertiary/aromatic N) is 5. The summed E-state index contributed by atoms with van der Waals surface area (Å²) < 4.78 is 37.1. The normalized spacial score (nSPS) is 18.2. The average Bonchev–Trinajstić information content (AvgIpc) is 3.19. The number of amides is 2. The molecule has 18 heteroatoms. The van der Waals surface area contributed by atoms with Gasteiger partial charge in [-0.3, -0.25) is 19.6 Å². The first-order chi connectivity index (χ1) is 16.0. The minimum absolute atomic E-state index is 0.0346. The number of ether oxygens (including phenoxy) is 1. The molecule has 1 aliphatic heterocycles. The molecule has 16 nitrogen and oxygen atoms in total. The molecule has 1 aliphatic rings. The second kappa shape index (κ2) is 9.93. The molecule has 0 radical (unpaired) electrons. The number of hydrogen-bond donors (Lipinski definition) is 5. The van der Waals surface area contributed by atoms with Crippen LogP contribution < -0.4 is 21.5 Å². The highest BCUT2D eigenvalue weighted by Crippen LogP contribution is 2.23. The lowest BCUT2D eigenvalue weighted by molar-refractivity contribution is -0.143. The molecule has 182 valence electrons. The predicted octanol–water partition coefficient (Wildman–Crippen LogP) is -1.88. The summed E-state index contributed by atoms with van der Waals surface area (Å²) in [7, 11) is -4.74. The lowest BCUT2D eigenvalue weighted by Crippen LogP contribution is -2.71. The molecular formula is C16H19N9O7S2. The lowest BCUT2D eigenvalue weighted by atomic mass is 10.0. The number of nitrogens with two attached hydrogens (primary N) is 2. The number of anilines is 1. The standard InChI is InChI=1S/C16H19N9O7S2/c1-7-11(15(27)25(7)34(28,29)30)21-14(26)12(9-6-33-16(19)20-9)24-32-5-4-31-10-3-2-8(13(17)18)22-23-10/h2-3,6-7,11H,4-5H2,1H3,(H3,17,18)(H2,19,20)(H,21,26)(H,28,29,30)/t7-,11-/m0/s1. The fourth-order valence-electron chi connectivity index (χ4n) is 2.75. The maximum Gasteiger partial charge on any atom is 0.362 e. The Morgan fingerprint density at radius 1 is 1.35 bits per heavy atom. The highest BCUT2D eigenvalue weighted by Gasteiger charge is 2.51. The van der Waals surface area contributed by atoms with Gasteiger partial charge in [0.1, 0.15) is 29.9 Å². The van der Waals surface area contributed by atoms with Crippen molar-refractivity contribution in [3.05, 3.63) is 28.9 Å². The molecule has 0 saturated carbocycles. The van der Waals surface area contributed by atoms with Gasteiger partial charge in [0.25, 0.3) is 11.8 Å². The van der Waals surface area contributed by atoms with Crippen LogP contribution in [0.3, 0.4) is 0 Å². The van der Waals surface area contributed by atoms with Gasteiger partial charge in [0.05, 0.1) is 6.04 Å². The number of carbonyl (C=O) groups excluding carboxylic acids is 2. The van der Waals surface area contributed by atoms with Crippen LogP contribution in [0.25, 0.3) is 0 Å². The zero-order chi connectivity index (χ0) is 25.0. The van der Waals surface area contributed by atoms with Gasteiger partial charge in [-0.15, -0.1) is 21.5 Å². The molecule has 0 aliphatic carbocycles. The number of oxime groups is 1. The summed E-state index contributed by atoms with van der Waals surface area (Å²) in [5.41, 5.74) is 10.8. The summed E-state index contributed by atoms with van der Waals surface area (Å²) in [6.07, 6.45) is 0. The van der Waals surface area contributed by atoms with Crippen LogP contribution in [0.2, 0.25) is 0 Å². The Labute approximate surface area is 196 Å². The summed E-state index contributed by atoms with van der Waals surface area (Å²) in [5, 5.41) is 22.4. The van der Waals surface area contributed by atoms with E-state index in [1.807, 2.05) is 0 Å². The smallest absolute Gasteiger partial charge is 0.362 e. The van der Waals surface area contributed by atoms with Crippen molar-refractivity contribution in [2.24, 2.45) is 10.9 Å². The van der Waals surface area contributed by atoms with Crippen molar-refractivity contribution in [3.63, 3.8) is 0 Å². The van der Waals surface area contributed by atoms with E-state index in [2.05, 4.69) is 25.7 Å². The second-order valence-electron chi connectivity index (χ2n) is 6.67. The van der Waals surface area contributed by atoms with E-state index in [9.17, 15) is 18.0 Å². The molecule has 0 aromatic carbocycles. The van der Waals surface area contributed by atoms with Crippen molar-refractivity contribution in [1.29, 1.82) is 5.41 Å². The van der Waals surface area contributed by atoms with Crippen LogP contribution >= 0.6 is 11.3 Å². The number of rotatable bonds is 10. The van der Waals surface area contributed by atoms with Gasteiger partial charge in [-0.25, -0.2) is 9.29 Å². The van der Waals surface area contributed by atoms with Crippen molar-refractivity contribution >= 4 is 50.1 Å². The molecule has 2 atom stereocenters. The molecule has 2 amide bonds. The first kappa shape index (κ1) is 24.7. The molecule has 3 rings (SSSR count). The lowest BCUT2D eigenvalue weighted by Gasteiger charge is -2.42. The molecule has 7 N–H and O–H groups in total. The summed E-state index contributed by atoms with van der Waals surface area (Å²) in [6, 6.07) is 0.676. The highest BCUT2D eigenvalue weighted by molar-refractivity contribution is 7.84. The summed E-state index contributed by atoms with van der Waals surface area (Å²) in [5.74, 6) is -1.98. The van der Waals surface area contributed by atoms with Crippen molar-refractivity contribution in [1.82, 2.24) is 24.8 Å². The van der Waals surface area contributed by atoms with Gasteiger partial charge >= 0.3 is 10.3 Å². The van der Waals surface area contributed by atoms with Crippen LogP contribution in [0.5, 0.6) is 5.88 Å². The van der Waals surface area contributed by atoms with Crippen LogP contribution in [-0.2, 0) is 24.7 Å². The topological polar surface area (TPSA) is 249 Å². The highest BCUT2D eigenvalue weighted by atomic mass is 32.2. The number of β-lactam (4-membered cyclic amide) rings is 1. The number of nitrogens with one attached hydrogen (secondary N) is 2. The number of aromatic nitrogens is 3. The van der Waals surface area contributed by atoms with Gasteiger partial charge in [0, 0.05) is 11.4 Å². The summed E-state index contributed by atoms with van der Waals surface area (Å²) in [4.78, 5) is 33.8. The third-order valence-electron chi connectivity index (χ3n) is 4.35. The van der Waals surface area contributed by atoms with E-state index in [4.69, 9.17) is 31.0 Å². The van der Waals surface area contributed by atoms with Gasteiger partial charge in [-0.05, 0) is 13.0 Å². The van der Waals surface area contributed by atoms with Gasteiger partial charge in [-0.1, -0.05) is 5.16 Å². The number of amidine groups is 1. The van der Waals surface area contributed by atoms with E-state index in [0.717, 1.165) is 11.3 Å². The third kappa shape index (κ3) is 5.53. The van der Waals surface area contributed by atoms with E-state index in [1.54, 1.807) is 0 Å². The van der Waals surface area contributed by atoms with Crippen molar-refractivity contribution < 1.29 is 32.1 Å². The largest absolute Gasteiger partial charge is 0.473 e. The molecule has 1 fully saturated rings. The predicted molar refractivity (Wildman–Crippen MR) is 117 cm³/mol. The van der Waals surface area contributed by atoms with E-state index in [1.165, 1.54) is 24.4 Å². The maximum absolute atomic E-state index is 12.7. The first-order valence-electron chi connectivity index (χ1n) is 9.33. The Bertz CT molecular complexity index is 1230. The Morgan fingerprint density at radius 2 is 2.09 bits per heavy atom. The third-order valence-corrected chi connectivity index (χ3v) is 6.03. The molecule has 1 saturated heterocycles. The van der Waals surface area contributed by atoms with Crippen LogP contribution in [0.1, 0.15) is 18.3 Å². The number of hydrogen-bond acceptors (Lipinski definition) is 13. The Balaban J connectivity index is 1.61.